The summed E-state index contributed by atoms with van der Waals surface area (Å²) in [5.41, 5.74) is 3.95. The van der Waals surface area contributed by atoms with Crippen molar-refractivity contribution >= 4 is 28.3 Å². The van der Waals surface area contributed by atoms with E-state index in [1.807, 2.05) is 12.1 Å². The highest BCUT2D eigenvalue weighted by Crippen LogP contribution is 2.34. The fraction of sp³-hybridized carbons (Fsp3) is 0.250. The minimum atomic E-state index is -0.989. The molecule has 0 heterocycles. The van der Waals surface area contributed by atoms with Crippen LogP contribution in [0.4, 0.5) is 5.69 Å². The van der Waals surface area contributed by atoms with Crippen molar-refractivity contribution in [1.29, 1.82) is 0 Å². The second kappa shape index (κ2) is 11.0. The molecule has 5 rings (SSSR count). The molecule has 0 unspecified atom stereocenters. The molecule has 1 aliphatic rings. The molecule has 3 N–H and O–H groups in total. The van der Waals surface area contributed by atoms with Crippen molar-refractivity contribution in [3.05, 3.63) is 113 Å². The van der Waals surface area contributed by atoms with Crippen molar-refractivity contribution in [2.45, 2.75) is 50.6 Å². The molecule has 0 spiro atoms. The number of benzene rings is 4. The Morgan fingerprint density at radius 3 is 2.30 bits per heavy atom. The molecular weight excluding hydrogens is 460 g/mol. The lowest BCUT2D eigenvalue weighted by Gasteiger charge is -2.32. The number of hydrogen-bond acceptors (Lipinski definition) is 3. The van der Waals surface area contributed by atoms with Gasteiger partial charge in [-0.2, -0.15) is 0 Å². The molecule has 5 heteroatoms. The quantitative estimate of drug-likeness (QED) is 0.256. The van der Waals surface area contributed by atoms with Gasteiger partial charge in [0.2, 0.25) is 0 Å². The van der Waals surface area contributed by atoms with Crippen LogP contribution in [0.5, 0.6) is 0 Å². The fourth-order valence-electron chi connectivity index (χ4n) is 5.52. The molecule has 1 amide bonds. The van der Waals surface area contributed by atoms with Gasteiger partial charge in [0, 0.05) is 23.3 Å². The maximum atomic E-state index is 12.7. The van der Waals surface area contributed by atoms with Gasteiger partial charge in [-0.1, -0.05) is 61.0 Å². The number of amides is 1. The second-order valence-electron chi connectivity index (χ2n) is 9.98. The Morgan fingerprint density at radius 2 is 1.54 bits per heavy atom. The van der Waals surface area contributed by atoms with Crippen LogP contribution in [-0.4, -0.2) is 23.0 Å². The predicted octanol–water partition coefficient (Wildman–Crippen LogP) is 7.17. The van der Waals surface area contributed by atoms with Crippen molar-refractivity contribution in [3.8, 4) is 0 Å². The Hall–Kier alpha value is -3.96. The van der Waals surface area contributed by atoms with Crippen LogP contribution in [-0.2, 0) is 0 Å². The number of anilines is 1. The van der Waals surface area contributed by atoms with Crippen LogP contribution < -0.4 is 10.6 Å². The van der Waals surface area contributed by atoms with Gasteiger partial charge in [0.1, 0.15) is 0 Å². The average molecular weight is 493 g/mol. The van der Waals surface area contributed by atoms with E-state index in [4.69, 9.17) is 5.11 Å². The zero-order chi connectivity index (χ0) is 25.8. The largest absolute Gasteiger partial charge is 0.478 e. The number of nitrogens with one attached hydrogen (secondary N) is 2. The summed E-state index contributed by atoms with van der Waals surface area (Å²) in [6, 6.07) is 29.9. The van der Waals surface area contributed by atoms with Gasteiger partial charge in [-0.15, -0.1) is 0 Å². The minimum Gasteiger partial charge on any atom is -0.478 e. The molecular formula is C32H32N2O3. The lowest BCUT2D eigenvalue weighted by atomic mass is 9.80. The van der Waals surface area contributed by atoms with E-state index in [1.54, 1.807) is 12.1 Å². The van der Waals surface area contributed by atoms with E-state index in [0.29, 0.717) is 23.2 Å². The summed E-state index contributed by atoms with van der Waals surface area (Å²) in [6.07, 6.45) is 4.59. The SMILES string of the molecule is C[C@@H](N[C@H]1CCC[C@H](c2ccc(C(=O)Nc3ccc(C(=O)O)cc3)cc2)C1)c1cccc2ccccc12. The van der Waals surface area contributed by atoms with Crippen molar-refractivity contribution in [2.24, 2.45) is 0 Å². The van der Waals surface area contributed by atoms with Gasteiger partial charge in [-0.05, 0) is 90.4 Å². The van der Waals surface area contributed by atoms with Gasteiger partial charge in [0.25, 0.3) is 5.91 Å². The van der Waals surface area contributed by atoms with Crippen LogP contribution in [0.2, 0.25) is 0 Å². The Labute approximate surface area is 217 Å². The van der Waals surface area contributed by atoms with E-state index in [-0.39, 0.29) is 17.5 Å². The number of carboxylic acids is 1. The van der Waals surface area contributed by atoms with Crippen LogP contribution in [0.15, 0.2) is 91.0 Å². The standard InChI is InChI=1S/C32H32N2O3/c1-21(29-11-5-7-23-6-2-3-10-30(23)29)33-28-9-4-8-26(20-28)22-12-14-24(15-13-22)31(35)34-27-18-16-25(17-19-27)32(36)37/h2-3,5-7,10-19,21,26,28,33H,4,8-9,20H2,1H3,(H,34,35)(H,36,37)/t21-,26+,28+/m1/s1. The van der Waals surface area contributed by atoms with E-state index >= 15 is 0 Å². The van der Waals surface area contributed by atoms with E-state index in [1.165, 1.54) is 46.9 Å². The first-order valence-electron chi connectivity index (χ1n) is 13.0. The maximum Gasteiger partial charge on any atom is 0.335 e. The van der Waals surface area contributed by atoms with Crippen LogP contribution in [0, 0.1) is 0 Å². The molecule has 0 saturated heterocycles. The average Bonchev–Trinajstić information content (AvgIpc) is 2.93. The first-order chi connectivity index (χ1) is 18.0. The number of carboxylic acid groups (broad SMARTS) is 1. The van der Waals surface area contributed by atoms with Crippen molar-refractivity contribution in [1.82, 2.24) is 5.32 Å². The Balaban J connectivity index is 1.21. The summed E-state index contributed by atoms with van der Waals surface area (Å²) in [5, 5.41) is 18.3. The third-order valence-corrected chi connectivity index (χ3v) is 7.48. The molecule has 1 saturated carbocycles. The summed E-state index contributed by atoms with van der Waals surface area (Å²) in [6.45, 7) is 2.26. The molecule has 1 aliphatic carbocycles. The molecule has 0 bridgehead atoms. The van der Waals surface area contributed by atoms with E-state index in [9.17, 15) is 9.59 Å². The highest BCUT2D eigenvalue weighted by molar-refractivity contribution is 6.04. The smallest absolute Gasteiger partial charge is 0.335 e. The van der Waals surface area contributed by atoms with Gasteiger partial charge in [-0.25, -0.2) is 4.79 Å². The van der Waals surface area contributed by atoms with Crippen LogP contribution >= 0.6 is 0 Å². The Kier molecular flexibility index (Phi) is 7.33. The number of hydrogen-bond donors (Lipinski definition) is 3. The predicted molar refractivity (Wildman–Crippen MR) is 148 cm³/mol. The fourth-order valence-corrected chi connectivity index (χ4v) is 5.52. The third kappa shape index (κ3) is 5.73. The number of carbonyl (C=O) groups excluding carboxylic acids is 1. The van der Waals surface area contributed by atoms with Gasteiger partial charge in [-0.3, -0.25) is 4.79 Å². The zero-order valence-corrected chi connectivity index (χ0v) is 21.0. The third-order valence-electron chi connectivity index (χ3n) is 7.48. The first kappa shape index (κ1) is 24.7. The first-order valence-corrected chi connectivity index (χ1v) is 13.0. The lowest BCUT2D eigenvalue weighted by molar-refractivity contribution is 0.0696. The van der Waals surface area contributed by atoms with Crippen LogP contribution in [0.1, 0.15) is 76.4 Å². The summed E-state index contributed by atoms with van der Waals surface area (Å²) in [4.78, 5) is 23.7. The summed E-state index contributed by atoms with van der Waals surface area (Å²) < 4.78 is 0. The van der Waals surface area contributed by atoms with Gasteiger partial charge < -0.3 is 15.7 Å². The molecule has 4 aromatic rings. The second-order valence-corrected chi connectivity index (χ2v) is 9.98. The number of aromatic carboxylic acids is 1. The molecule has 5 nitrogen and oxygen atoms in total. The van der Waals surface area contributed by atoms with Crippen LogP contribution in [0.3, 0.4) is 0 Å². The van der Waals surface area contributed by atoms with Crippen LogP contribution in [0.25, 0.3) is 10.8 Å². The van der Waals surface area contributed by atoms with Gasteiger partial charge in [0.15, 0.2) is 0 Å². The molecule has 4 aromatic carbocycles. The molecule has 0 aliphatic heterocycles. The summed E-state index contributed by atoms with van der Waals surface area (Å²) in [5.74, 6) is -0.731. The van der Waals surface area contributed by atoms with E-state index in [0.717, 1.165) is 12.8 Å². The highest BCUT2D eigenvalue weighted by atomic mass is 16.4. The monoisotopic (exact) mass is 492 g/mol. The van der Waals surface area contributed by atoms with Crippen molar-refractivity contribution in [3.63, 3.8) is 0 Å². The summed E-state index contributed by atoms with van der Waals surface area (Å²) in [7, 11) is 0. The van der Waals surface area contributed by atoms with E-state index < -0.39 is 5.97 Å². The molecule has 37 heavy (non-hydrogen) atoms. The van der Waals surface area contributed by atoms with Gasteiger partial charge >= 0.3 is 5.97 Å². The topological polar surface area (TPSA) is 78.4 Å². The van der Waals surface area contributed by atoms with Crippen molar-refractivity contribution < 1.29 is 14.7 Å². The number of carbonyl (C=O) groups is 2. The Morgan fingerprint density at radius 1 is 0.838 bits per heavy atom. The zero-order valence-electron chi connectivity index (χ0n) is 21.0. The number of fused-ring (bicyclic) bond motifs is 1. The molecule has 0 aromatic heterocycles. The lowest BCUT2D eigenvalue weighted by Crippen LogP contribution is -2.35. The molecule has 3 atom stereocenters. The normalized spacial score (nSPS) is 18.3. The summed E-state index contributed by atoms with van der Waals surface area (Å²) >= 11 is 0. The maximum absolute atomic E-state index is 12.7. The molecule has 188 valence electrons. The minimum absolute atomic E-state index is 0.189. The number of rotatable bonds is 7. The van der Waals surface area contributed by atoms with Gasteiger partial charge in [0.05, 0.1) is 5.56 Å². The highest BCUT2D eigenvalue weighted by Gasteiger charge is 2.25. The van der Waals surface area contributed by atoms with E-state index in [2.05, 4.69) is 72.2 Å². The van der Waals surface area contributed by atoms with Crippen molar-refractivity contribution in [2.75, 3.05) is 5.32 Å². The Bertz CT molecular complexity index is 1390. The molecule has 0 radical (unpaired) electrons. The molecule has 1 fully saturated rings.